The highest BCUT2D eigenvalue weighted by atomic mass is 16.5. The van der Waals surface area contributed by atoms with Gasteiger partial charge in [0.25, 0.3) is 0 Å². The van der Waals surface area contributed by atoms with Crippen molar-refractivity contribution in [1.82, 2.24) is 9.97 Å². The van der Waals surface area contributed by atoms with E-state index >= 15 is 0 Å². The SMILES string of the molecule is COc1cc(/C=C/C(=O)c2cnc(C(C)(C)C)cn2)ccc1O. The topological polar surface area (TPSA) is 72.3 Å². The number of ether oxygens (including phenoxy) is 1. The standard InChI is InChI=1S/C18H20N2O3/c1-18(2,3)17-11-19-13(10-20-17)14(21)7-5-12-6-8-15(22)16(9-12)23-4/h5-11,22H,1-4H3/b7-5+. The molecule has 0 aliphatic carbocycles. The van der Waals surface area contributed by atoms with Gasteiger partial charge in [0.15, 0.2) is 11.5 Å². The summed E-state index contributed by atoms with van der Waals surface area (Å²) in [6, 6.07) is 4.85. The lowest BCUT2D eigenvalue weighted by atomic mass is 9.93. The van der Waals surface area contributed by atoms with Crippen LogP contribution in [0.3, 0.4) is 0 Å². The second-order valence-corrected chi connectivity index (χ2v) is 6.17. The van der Waals surface area contributed by atoms with E-state index in [0.717, 1.165) is 11.3 Å². The van der Waals surface area contributed by atoms with Gasteiger partial charge in [-0.2, -0.15) is 0 Å². The summed E-state index contributed by atoms with van der Waals surface area (Å²) in [5.41, 5.74) is 1.76. The Morgan fingerprint density at radius 2 is 1.96 bits per heavy atom. The Balaban J connectivity index is 2.15. The summed E-state index contributed by atoms with van der Waals surface area (Å²) in [4.78, 5) is 20.6. The first-order valence-corrected chi connectivity index (χ1v) is 7.23. The Morgan fingerprint density at radius 1 is 1.22 bits per heavy atom. The minimum absolute atomic E-state index is 0.0552. The highest BCUT2D eigenvalue weighted by Gasteiger charge is 2.16. The van der Waals surface area contributed by atoms with Crippen molar-refractivity contribution in [1.29, 1.82) is 0 Å². The number of rotatable bonds is 4. The summed E-state index contributed by atoms with van der Waals surface area (Å²) in [5.74, 6) is 0.179. The van der Waals surface area contributed by atoms with Gasteiger partial charge >= 0.3 is 0 Å². The van der Waals surface area contributed by atoms with E-state index in [4.69, 9.17) is 4.74 Å². The minimum Gasteiger partial charge on any atom is -0.504 e. The maximum Gasteiger partial charge on any atom is 0.205 e. The highest BCUT2D eigenvalue weighted by Crippen LogP contribution is 2.26. The number of aromatic hydroxyl groups is 1. The number of nitrogens with zero attached hydrogens (tertiary/aromatic N) is 2. The number of aromatic nitrogens is 2. The van der Waals surface area contributed by atoms with Gasteiger partial charge in [0.1, 0.15) is 5.69 Å². The number of benzene rings is 1. The lowest BCUT2D eigenvalue weighted by molar-refractivity contribution is 0.104. The quantitative estimate of drug-likeness (QED) is 0.692. The Hall–Kier alpha value is -2.69. The lowest BCUT2D eigenvalue weighted by Crippen LogP contribution is -2.14. The normalized spacial score (nSPS) is 11.7. The molecule has 2 aromatic rings. The Morgan fingerprint density at radius 3 is 2.52 bits per heavy atom. The van der Waals surface area contributed by atoms with Crippen LogP contribution >= 0.6 is 0 Å². The van der Waals surface area contributed by atoms with Crippen molar-refractivity contribution < 1.29 is 14.6 Å². The van der Waals surface area contributed by atoms with Gasteiger partial charge in [-0.15, -0.1) is 0 Å². The van der Waals surface area contributed by atoms with E-state index in [0.29, 0.717) is 11.4 Å². The maximum atomic E-state index is 12.1. The van der Waals surface area contributed by atoms with Crippen molar-refractivity contribution in [3.8, 4) is 11.5 Å². The molecular formula is C18H20N2O3. The van der Waals surface area contributed by atoms with Crippen LogP contribution in [0, 0.1) is 0 Å². The molecule has 0 amide bonds. The van der Waals surface area contributed by atoms with Gasteiger partial charge < -0.3 is 9.84 Å². The summed E-state index contributed by atoms with van der Waals surface area (Å²) >= 11 is 0. The maximum absolute atomic E-state index is 12.1. The average molecular weight is 312 g/mol. The van der Waals surface area contributed by atoms with Crippen LogP contribution in [0.5, 0.6) is 11.5 Å². The second kappa shape index (κ2) is 6.60. The molecule has 0 aliphatic heterocycles. The van der Waals surface area contributed by atoms with Crippen LogP contribution in [-0.4, -0.2) is 28.0 Å². The van der Waals surface area contributed by atoms with Gasteiger partial charge in [-0.05, 0) is 23.8 Å². The third-order valence-electron chi connectivity index (χ3n) is 3.30. The third kappa shape index (κ3) is 4.16. The molecule has 5 heteroatoms. The molecule has 1 aromatic carbocycles. The number of ketones is 1. The van der Waals surface area contributed by atoms with Crippen molar-refractivity contribution in [2.75, 3.05) is 7.11 Å². The minimum atomic E-state index is -0.231. The van der Waals surface area contributed by atoms with E-state index < -0.39 is 0 Å². The zero-order chi connectivity index (χ0) is 17.0. The van der Waals surface area contributed by atoms with Crippen LogP contribution in [-0.2, 0) is 5.41 Å². The number of phenolic OH excluding ortho intramolecular Hbond substituents is 1. The fourth-order valence-electron chi connectivity index (χ4n) is 1.90. The zero-order valence-electron chi connectivity index (χ0n) is 13.7. The average Bonchev–Trinajstić information content (AvgIpc) is 2.53. The van der Waals surface area contributed by atoms with Gasteiger partial charge in [0.2, 0.25) is 5.78 Å². The second-order valence-electron chi connectivity index (χ2n) is 6.17. The molecule has 0 spiro atoms. The predicted octanol–water partition coefficient (Wildman–Crippen LogP) is 3.38. The number of carbonyl (C=O) groups excluding carboxylic acids is 1. The fraction of sp³-hybridized carbons (Fsp3) is 0.278. The van der Waals surface area contributed by atoms with E-state index in [9.17, 15) is 9.90 Å². The summed E-state index contributed by atoms with van der Waals surface area (Å²) in [6.07, 6.45) is 6.19. The Kier molecular flexibility index (Phi) is 4.79. The van der Waals surface area contributed by atoms with E-state index in [1.54, 1.807) is 24.4 Å². The van der Waals surface area contributed by atoms with Crippen LogP contribution in [0.4, 0.5) is 0 Å². The zero-order valence-corrected chi connectivity index (χ0v) is 13.7. The molecule has 1 heterocycles. The van der Waals surface area contributed by atoms with E-state index in [2.05, 4.69) is 9.97 Å². The lowest BCUT2D eigenvalue weighted by Gasteiger charge is -2.16. The van der Waals surface area contributed by atoms with Gasteiger partial charge in [-0.3, -0.25) is 9.78 Å². The van der Waals surface area contributed by atoms with Crippen LogP contribution < -0.4 is 4.74 Å². The molecule has 0 saturated carbocycles. The van der Waals surface area contributed by atoms with Crippen LogP contribution in [0.1, 0.15) is 42.5 Å². The molecule has 0 unspecified atom stereocenters. The number of hydrogen-bond acceptors (Lipinski definition) is 5. The first kappa shape index (κ1) is 16.7. The fourth-order valence-corrected chi connectivity index (χ4v) is 1.90. The van der Waals surface area contributed by atoms with E-state index in [1.807, 2.05) is 20.8 Å². The molecule has 0 aliphatic rings. The van der Waals surface area contributed by atoms with Gasteiger partial charge in [0.05, 0.1) is 19.0 Å². The highest BCUT2D eigenvalue weighted by molar-refractivity contribution is 6.05. The molecule has 0 atom stereocenters. The van der Waals surface area contributed by atoms with Crippen LogP contribution in [0.2, 0.25) is 0 Å². The first-order chi connectivity index (χ1) is 10.8. The molecule has 1 N–H and O–H groups in total. The largest absolute Gasteiger partial charge is 0.504 e. The van der Waals surface area contributed by atoms with Crippen molar-refractivity contribution in [3.63, 3.8) is 0 Å². The molecular weight excluding hydrogens is 292 g/mol. The van der Waals surface area contributed by atoms with Gasteiger partial charge in [-0.1, -0.05) is 32.9 Å². The molecule has 0 radical (unpaired) electrons. The first-order valence-electron chi connectivity index (χ1n) is 7.23. The number of allylic oxidation sites excluding steroid dienone is 1. The van der Waals surface area contributed by atoms with Gasteiger partial charge in [-0.25, -0.2) is 4.98 Å². The molecule has 23 heavy (non-hydrogen) atoms. The number of methoxy groups -OCH3 is 1. The number of phenols is 1. The monoisotopic (exact) mass is 312 g/mol. The number of hydrogen-bond donors (Lipinski definition) is 1. The van der Waals surface area contributed by atoms with Crippen LogP contribution in [0.25, 0.3) is 6.08 Å². The van der Waals surface area contributed by atoms with E-state index in [-0.39, 0.29) is 16.9 Å². The van der Waals surface area contributed by atoms with E-state index in [1.165, 1.54) is 25.4 Å². The Labute approximate surface area is 135 Å². The number of carbonyl (C=O) groups is 1. The molecule has 1 aromatic heterocycles. The van der Waals surface area contributed by atoms with Crippen LogP contribution in [0.15, 0.2) is 36.7 Å². The van der Waals surface area contributed by atoms with Gasteiger partial charge in [0, 0.05) is 11.6 Å². The molecule has 2 rings (SSSR count). The summed E-state index contributed by atoms with van der Waals surface area (Å²) in [5, 5.41) is 9.55. The van der Waals surface area contributed by atoms with Crippen molar-refractivity contribution in [2.24, 2.45) is 0 Å². The predicted molar refractivity (Wildman–Crippen MR) is 88.8 cm³/mol. The van der Waals surface area contributed by atoms with Crippen molar-refractivity contribution in [2.45, 2.75) is 26.2 Å². The third-order valence-corrected chi connectivity index (χ3v) is 3.30. The Bertz CT molecular complexity index is 729. The molecule has 5 nitrogen and oxygen atoms in total. The summed E-state index contributed by atoms with van der Waals surface area (Å²) in [7, 11) is 1.47. The summed E-state index contributed by atoms with van der Waals surface area (Å²) in [6.45, 7) is 6.11. The smallest absolute Gasteiger partial charge is 0.205 e. The van der Waals surface area contributed by atoms with Crippen molar-refractivity contribution >= 4 is 11.9 Å². The molecule has 0 fully saturated rings. The molecule has 0 saturated heterocycles. The molecule has 120 valence electrons. The molecule has 0 bridgehead atoms. The summed E-state index contributed by atoms with van der Waals surface area (Å²) < 4.78 is 5.03. The van der Waals surface area contributed by atoms with Crippen molar-refractivity contribution in [3.05, 3.63) is 53.6 Å².